The first-order valence-electron chi connectivity index (χ1n) is 9.96. The number of hydrogen-bond donors (Lipinski definition) is 3. The van der Waals surface area contributed by atoms with Crippen LogP contribution in [0.15, 0.2) is 24.3 Å². The topological polar surface area (TPSA) is 108 Å². The third kappa shape index (κ3) is 6.08. The largest absolute Gasteiger partial charge is 0.485 e. The van der Waals surface area contributed by atoms with Crippen LogP contribution in [0.5, 0.6) is 5.75 Å². The Balaban J connectivity index is 1.71. The van der Waals surface area contributed by atoms with Crippen LogP contribution in [0.25, 0.3) is 0 Å². The van der Waals surface area contributed by atoms with Gasteiger partial charge in [-0.1, -0.05) is 12.1 Å². The number of rotatable bonds is 8. The molecule has 8 nitrogen and oxygen atoms in total. The predicted molar refractivity (Wildman–Crippen MR) is 101 cm³/mol. The highest BCUT2D eigenvalue weighted by Crippen LogP contribution is 2.35. The number of alkyl halides is 2. The number of carboxylic acid groups (broad SMARTS) is 1. The first-order valence-corrected chi connectivity index (χ1v) is 9.96. The lowest BCUT2D eigenvalue weighted by atomic mass is 10.0. The number of amides is 1. The molecular weight excluding hydrogens is 421 g/mol. The van der Waals surface area contributed by atoms with E-state index in [-0.39, 0.29) is 38.1 Å². The van der Waals surface area contributed by atoms with Crippen LogP contribution >= 0.6 is 0 Å². The first kappa shape index (κ1) is 23.3. The molecule has 172 valence electrons. The summed E-state index contributed by atoms with van der Waals surface area (Å²) >= 11 is 0. The molecular formula is C20H25F3N2O6. The molecule has 0 spiro atoms. The third-order valence-corrected chi connectivity index (χ3v) is 5.50. The molecule has 1 heterocycles. The zero-order valence-electron chi connectivity index (χ0n) is 16.7. The molecule has 1 aromatic carbocycles. The molecule has 2 fully saturated rings. The summed E-state index contributed by atoms with van der Waals surface area (Å²) in [6.45, 7) is -1.13. The number of aliphatic carboxylic acids is 1. The van der Waals surface area contributed by atoms with Gasteiger partial charge < -0.3 is 25.0 Å². The van der Waals surface area contributed by atoms with Crippen molar-refractivity contribution in [2.24, 2.45) is 0 Å². The molecule has 1 aliphatic heterocycles. The molecule has 1 amide bonds. The van der Waals surface area contributed by atoms with E-state index in [1.165, 1.54) is 18.2 Å². The van der Waals surface area contributed by atoms with Crippen molar-refractivity contribution in [3.8, 4) is 5.75 Å². The van der Waals surface area contributed by atoms with Crippen LogP contribution in [0.4, 0.5) is 13.2 Å². The second-order valence-electron chi connectivity index (χ2n) is 7.76. The molecule has 4 atom stereocenters. The molecule has 1 aliphatic carbocycles. The lowest BCUT2D eigenvalue weighted by Crippen LogP contribution is -2.56. The fraction of sp³-hybridized carbons (Fsp3) is 0.600. The maximum absolute atomic E-state index is 14.0. The summed E-state index contributed by atoms with van der Waals surface area (Å²) in [5.74, 6) is -5.30. The standard InChI is InChI=1S/C20H25F3N2O6/c21-12-3-1-2-4-14(12)31-15-9-13(24-16(26)10-30-11-17(27)28)18(19(15)29)25-7-5-20(22,23)6-8-25/h1-4,13,15,18-19,29H,5-11H2,(H,24,26)(H,27,28)/t13-,15-,18+,19+/m1/s1. The summed E-state index contributed by atoms with van der Waals surface area (Å²) in [7, 11) is 0. The van der Waals surface area contributed by atoms with E-state index in [1.807, 2.05) is 0 Å². The number of carbonyl (C=O) groups excluding carboxylic acids is 1. The number of piperidine rings is 1. The number of aliphatic hydroxyl groups is 1. The summed E-state index contributed by atoms with van der Waals surface area (Å²) in [6.07, 6.45) is -2.70. The fourth-order valence-corrected chi connectivity index (χ4v) is 4.05. The lowest BCUT2D eigenvalue weighted by molar-refractivity contribution is -0.143. The maximum Gasteiger partial charge on any atom is 0.329 e. The molecule has 3 N–H and O–H groups in total. The predicted octanol–water partition coefficient (Wildman–Crippen LogP) is 1.02. The molecule has 0 radical (unpaired) electrons. The molecule has 0 aromatic heterocycles. The van der Waals surface area contributed by atoms with E-state index in [1.54, 1.807) is 11.0 Å². The molecule has 1 saturated heterocycles. The van der Waals surface area contributed by atoms with Crippen LogP contribution in [0, 0.1) is 5.82 Å². The highest BCUT2D eigenvalue weighted by atomic mass is 19.3. The second-order valence-corrected chi connectivity index (χ2v) is 7.76. The van der Waals surface area contributed by atoms with Crippen LogP contribution in [0.1, 0.15) is 19.3 Å². The van der Waals surface area contributed by atoms with E-state index in [0.29, 0.717) is 0 Å². The van der Waals surface area contributed by atoms with Crippen molar-refractivity contribution in [2.45, 2.75) is 49.5 Å². The van der Waals surface area contributed by atoms with Gasteiger partial charge in [-0.15, -0.1) is 0 Å². The molecule has 2 aliphatic rings. The SMILES string of the molecule is O=C(O)COCC(=O)N[C@@H]1C[C@@H](Oc2ccccc2F)[C@H](O)[C@H]1N1CCC(F)(F)CC1. The van der Waals surface area contributed by atoms with Crippen molar-refractivity contribution in [2.75, 3.05) is 26.3 Å². The zero-order valence-corrected chi connectivity index (χ0v) is 16.7. The molecule has 3 rings (SSSR count). The van der Waals surface area contributed by atoms with Crippen LogP contribution in [0.2, 0.25) is 0 Å². The van der Waals surface area contributed by atoms with Gasteiger partial charge in [-0.05, 0) is 12.1 Å². The van der Waals surface area contributed by atoms with Crippen LogP contribution in [0.3, 0.4) is 0 Å². The fourth-order valence-electron chi connectivity index (χ4n) is 4.05. The number of ether oxygens (including phenoxy) is 2. The summed E-state index contributed by atoms with van der Waals surface area (Å²) in [5.41, 5.74) is 0. The molecule has 31 heavy (non-hydrogen) atoms. The van der Waals surface area contributed by atoms with E-state index in [4.69, 9.17) is 14.6 Å². The average molecular weight is 446 g/mol. The highest BCUT2D eigenvalue weighted by Gasteiger charge is 2.49. The quantitative estimate of drug-likeness (QED) is 0.547. The molecule has 1 saturated carbocycles. The number of benzene rings is 1. The smallest absolute Gasteiger partial charge is 0.329 e. The van der Waals surface area contributed by atoms with Gasteiger partial charge in [-0.3, -0.25) is 9.69 Å². The van der Waals surface area contributed by atoms with Crippen molar-refractivity contribution in [1.29, 1.82) is 0 Å². The second kappa shape index (κ2) is 9.84. The van der Waals surface area contributed by atoms with Crippen LogP contribution < -0.4 is 10.1 Å². The van der Waals surface area contributed by atoms with Gasteiger partial charge in [0.15, 0.2) is 11.6 Å². The monoisotopic (exact) mass is 446 g/mol. The average Bonchev–Trinajstić information content (AvgIpc) is 2.98. The number of nitrogens with zero attached hydrogens (tertiary/aromatic N) is 1. The van der Waals surface area contributed by atoms with Gasteiger partial charge in [0.1, 0.15) is 25.4 Å². The van der Waals surface area contributed by atoms with Gasteiger partial charge >= 0.3 is 5.97 Å². The Kier molecular flexibility index (Phi) is 7.39. The molecule has 1 aromatic rings. The number of likely N-dealkylation sites (tertiary alicyclic amines) is 1. The van der Waals surface area contributed by atoms with Crippen molar-refractivity contribution in [3.05, 3.63) is 30.1 Å². The van der Waals surface area contributed by atoms with Crippen molar-refractivity contribution < 1.29 is 42.4 Å². The number of aliphatic hydroxyl groups excluding tert-OH is 1. The van der Waals surface area contributed by atoms with Crippen molar-refractivity contribution in [1.82, 2.24) is 10.2 Å². The van der Waals surface area contributed by atoms with Gasteiger partial charge in [0.2, 0.25) is 5.91 Å². The number of hydrogen-bond acceptors (Lipinski definition) is 6. The van der Waals surface area contributed by atoms with Gasteiger partial charge in [0.05, 0.1) is 12.1 Å². The van der Waals surface area contributed by atoms with Gasteiger partial charge in [0, 0.05) is 32.4 Å². The highest BCUT2D eigenvalue weighted by molar-refractivity contribution is 5.78. The first-order chi connectivity index (χ1) is 14.7. The van der Waals surface area contributed by atoms with E-state index in [0.717, 1.165) is 0 Å². The lowest BCUT2D eigenvalue weighted by Gasteiger charge is -2.39. The normalized spacial score (nSPS) is 28.3. The van der Waals surface area contributed by atoms with Crippen molar-refractivity contribution in [3.63, 3.8) is 0 Å². The minimum absolute atomic E-state index is 0.0169. The Morgan fingerprint density at radius 2 is 1.87 bits per heavy atom. The summed E-state index contributed by atoms with van der Waals surface area (Å²) in [5, 5.41) is 22.1. The van der Waals surface area contributed by atoms with E-state index < -0.39 is 61.1 Å². The van der Waals surface area contributed by atoms with Gasteiger partial charge in [-0.2, -0.15) is 0 Å². The Morgan fingerprint density at radius 1 is 1.19 bits per heavy atom. The summed E-state index contributed by atoms with van der Waals surface area (Å²) in [6, 6.07) is 4.27. The number of carboxylic acids is 1. The summed E-state index contributed by atoms with van der Waals surface area (Å²) in [4.78, 5) is 24.4. The number of carbonyl (C=O) groups is 2. The number of halogens is 3. The van der Waals surface area contributed by atoms with Gasteiger partial charge in [0.25, 0.3) is 5.92 Å². The Labute approximate surface area is 176 Å². The van der Waals surface area contributed by atoms with Gasteiger partial charge in [-0.25, -0.2) is 18.0 Å². The minimum Gasteiger partial charge on any atom is -0.485 e. The minimum atomic E-state index is -2.79. The Hall–Kier alpha value is -2.37. The van der Waals surface area contributed by atoms with Crippen molar-refractivity contribution >= 4 is 11.9 Å². The molecule has 0 bridgehead atoms. The number of para-hydroxylation sites is 1. The maximum atomic E-state index is 14.0. The third-order valence-electron chi connectivity index (χ3n) is 5.50. The van der Waals surface area contributed by atoms with E-state index >= 15 is 0 Å². The van der Waals surface area contributed by atoms with Crippen LogP contribution in [-0.2, 0) is 14.3 Å². The molecule has 0 unspecified atom stereocenters. The molecule has 11 heteroatoms. The van der Waals surface area contributed by atoms with E-state index in [9.17, 15) is 27.9 Å². The Morgan fingerprint density at radius 3 is 2.52 bits per heavy atom. The van der Waals surface area contributed by atoms with E-state index in [2.05, 4.69) is 5.32 Å². The number of nitrogens with one attached hydrogen (secondary N) is 1. The zero-order chi connectivity index (χ0) is 22.6. The summed E-state index contributed by atoms with van der Waals surface area (Å²) < 4.78 is 51.6. The van der Waals surface area contributed by atoms with Crippen LogP contribution in [-0.4, -0.2) is 83.5 Å². The Bertz CT molecular complexity index is 786.